The largest absolute Gasteiger partial charge is 0.462 e. The number of amidine groups is 1. The Morgan fingerprint density at radius 1 is 1.44 bits per heavy atom. The monoisotopic (exact) mass is 385 g/mol. The third-order valence-corrected chi connectivity index (χ3v) is 4.37. The van der Waals surface area contributed by atoms with Gasteiger partial charge in [0.15, 0.2) is 5.17 Å². The summed E-state index contributed by atoms with van der Waals surface area (Å²) in [5.74, 6) is -1.74. The lowest BCUT2D eigenvalue weighted by atomic mass is 10.2. The summed E-state index contributed by atoms with van der Waals surface area (Å²) >= 11 is 1.27. The molecule has 1 heterocycles. The first-order chi connectivity index (χ1) is 11.5. The number of halogens is 3. The number of nitrogens with zero attached hydrogens (tertiary/aromatic N) is 2. The summed E-state index contributed by atoms with van der Waals surface area (Å²) in [6.07, 6.45) is -5.22. The number of ether oxygens (including phenoxy) is 2. The Balaban J connectivity index is 3.17. The van der Waals surface area contributed by atoms with Gasteiger partial charge in [0.25, 0.3) is 0 Å². The molecule has 1 aliphatic rings. The third kappa shape index (κ3) is 4.57. The zero-order chi connectivity index (χ0) is 19.4. The molecule has 0 radical (unpaired) electrons. The van der Waals surface area contributed by atoms with Crippen molar-refractivity contribution in [1.29, 1.82) is 0 Å². The van der Waals surface area contributed by atoms with Crippen LogP contribution in [0.15, 0.2) is 4.99 Å². The minimum Gasteiger partial charge on any atom is -0.462 e. The van der Waals surface area contributed by atoms with Crippen molar-refractivity contribution in [2.24, 2.45) is 4.99 Å². The molecule has 0 aromatic rings. The fraction of sp³-hybridized carbons (Fsp3) is 0.786. The van der Waals surface area contributed by atoms with Gasteiger partial charge in [-0.1, -0.05) is 18.7 Å². The van der Waals surface area contributed by atoms with Crippen LogP contribution >= 0.6 is 11.8 Å². The summed E-state index contributed by atoms with van der Waals surface area (Å²) in [5, 5.41) is 2.04. The normalized spacial score (nSPS) is 20.0. The van der Waals surface area contributed by atoms with Crippen LogP contribution in [0.3, 0.4) is 0 Å². The Morgan fingerprint density at radius 2 is 2.04 bits per heavy atom. The van der Waals surface area contributed by atoms with Crippen molar-refractivity contribution >= 4 is 28.9 Å². The van der Waals surface area contributed by atoms with Crippen molar-refractivity contribution < 1.29 is 32.2 Å². The average Bonchev–Trinajstić information content (AvgIpc) is 2.89. The number of thioether (sulfide) groups is 1. The molecule has 7 nitrogen and oxygen atoms in total. The molecule has 144 valence electrons. The topological polar surface area (TPSA) is 80.2 Å². The van der Waals surface area contributed by atoms with Crippen LogP contribution in [0.5, 0.6) is 0 Å². The van der Waals surface area contributed by atoms with Crippen molar-refractivity contribution in [3.05, 3.63) is 0 Å². The van der Waals surface area contributed by atoms with Crippen LogP contribution in [-0.2, 0) is 14.3 Å². The van der Waals surface area contributed by atoms with E-state index < -0.39 is 29.9 Å². The van der Waals surface area contributed by atoms with Gasteiger partial charge >= 0.3 is 23.9 Å². The number of hydrogen-bond donors (Lipinski definition) is 1. The van der Waals surface area contributed by atoms with Gasteiger partial charge in [0.2, 0.25) is 0 Å². The summed E-state index contributed by atoms with van der Waals surface area (Å²) in [6, 6.07) is -1.64. The van der Waals surface area contributed by atoms with E-state index in [1.54, 1.807) is 19.2 Å². The summed E-state index contributed by atoms with van der Waals surface area (Å²) < 4.78 is 49.4. The van der Waals surface area contributed by atoms with Crippen LogP contribution in [0, 0.1) is 0 Å². The van der Waals surface area contributed by atoms with Gasteiger partial charge in [0.1, 0.15) is 0 Å². The minimum absolute atomic E-state index is 0.101. The molecule has 1 N–H and O–H groups in total. The second-order valence-electron chi connectivity index (χ2n) is 5.55. The second-order valence-corrected chi connectivity index (χ2v) is 6.95. The highest BCUT2D eigenvalue weighted by molar-refractivity contribution is 8.14. The van der Waals surface area contributed by atoms with E-state index in [-0.39, 0.29) is 17.0 Å². The van der Waals surface area contributed by atoms with E-state index in [4.69, 9.17) is 0 Å². The van der Waals surface area contributed by atoms with Crippen LogP contribution in [0.1, 0.15) is 27.7 Å². The van der Waals surface area contributed by atoms with Gasteiger partial charge < -0.3 is 9.47 Å². The summed E-state index contributed by atoms with van der Waals surface area (Å²) in [6.45, 7) is 6.62. The van der Waals surface area contributed by atoms with E-state index in [0.29, 0.717) is 13.7 Å². The van der Waals surface area contributed by atoms with Crippen molar-refractivity contribution in [2.75, 3.05) is 20.3 Å². The maximum atomic E-state index is 13.5. The molecule has 0 fully saturated rings. The molecule has 11 heteroatoms. The fourth-order valence-electron chi connectivity index (χ4n) is 2.07. The second kappa shape index (κ2) is 8.26. The summed E-state index contributed by atoms with van der Waals surface area (Å²) in [7, 11) is 0.675. The molecule has 0 saturated carbocycles. The highest BCUT2D eigenvalue weighted by Gasteiger charge is 2.65. The van der Waals surface area contributed by atoms with Gasteiger partial charge in [-0.3, -0.25) is 15.2 Å². The van der Waals surface area contributed by atoms with E-state index in [1.165, 1.54) is 18.7 Å². The zero-order valence-electron chi connectivity index (χ0n) is 14.6. The van der Waals surface area contributed by atoms with Crippen molar-refractivity contribution in [2.45, 2.75) is 50.9 Å². The highest BCUT2D eigenvalue weighted by Crippen LogP contribution is 2.33. The lowest BCUT2D eigenvalue weighted by Gasteiger charge is -2.35. The van der Waals surface area contributed by atoms with E-state index in [0.717, 1.165) is 4.90 Å². The number of esters is 1. The number of methoxy groups -OCH3 is 1. The molecule has 1 aliphatic heterocycles. The first-order valence-electron chi connectivity index (χ1n) is 7.61. The van der Waals surface area contributed by atoms with Gasteiger partial charge in [-0.25, -0.2) is 9.59 Å². The van der Waals surface area contributed by atoms with Crippen LogP contribution in [0.4, 0.5) is 18.0 Å². The van der Waals surface area contributed by atoms with Gasteiger partial charge in [-0.2, -0.15) is 13.2 Å². The van der Waals surface area contributed by atoms with Gasteiger partial charge in [-0.05, 0) is 20.8 Å². The highest BCUT2D eigenvalue weighted by atomic mass is 32.2. The number of hydrogen-bond acceptors (Lipinski definition) is 6. The number of alkyl halides is 3. The van der Waals surface area contributed by atoms with Gasteiger partial charge in [0, 0.05) is 18.4 Å². The number of urea groups is 1. The van der Waals surface area contributed by atoms with Crippen LogP contribution in [-0.4, -0.2) is 65.5 Å². The Bertz CT molecular complexity index is 542. The maximum Gasteiger partial charge on any atom is 0.448 e. The number of aliphatic imine (C=N–C) groups is 1. The molecule has 2 atom stereocenters. The molecule has 0 aromatic heterocycles. The number of rotatable bonds is 5. The fourth-order valence-corrected chi connectivity index (χ4v) is 3.13. The predicted molar refractivity (Wildman–Crippen MR) is 87.3 cm³/mol. The number of carbonyl (C=O) groups excluding carboxylic acids is 2. The number of nitrogens with one attached hydrogen (secondary N) is 1. The molecule has 0 spiro atoms. The quantitative estimate of drug-likeness (QED) is 0.581. The van der Waals surface area contributed by atoms with E-state index in [2.05, 4.69) is 14.5 Å². The molecular formula is C14H22F3N3O4S. The number of amides is 2. The van der Waals surface area contributed by atoms with E-state index in [1.807, 2.05) is 6.92 Å². The van der Waals surface area contributed by atoms with Crippen molar-refractivity contribution in [3.8, 4) is 0 Å². The molecular weight excluding hydrogens is 363 g/mol. The molecule has 0 saturated heterocycles. The Labute approximate surface area is 148 Å². The Hall–Kier alpha value is -1.49. The molecule has 0 aromatic carbocycles. The molecule has 0 aliphatic carbocycles. The third-order valence-electron chi connectivity index (χ3n) is 3.28. The lowest BCUT2D eigenvalue weighted by Crippen LogP contribution is -2.68. The standard InChI is InChI=1S/C14H22F3N3O4S/c1-6-24-10(21)13(23-5,14(15,16)17)19-11(22)20(8(2)3)12-18-7-9(4)25-12/h8-9H,6-7H2,1-5H3,(H,19,22). The van der Waals surface area contributed by atoms with Crippen molar-refractivity contribution in [3.63, 3.8) is 0 Å². The molecule has 25 heavy (non-hydrogen) atoms. The molecule has 1 rings (SSSR count). The first-order valence-corrected chi connectivity index (χ1v) is 8.49. The SMILES string of the molecule is CCOC(=O)C(NC(=O)N(C1=NCC(C)S1)C(C)C)(OC)C(F)(F)F. The smallest absolute Gasteiger partial charge is 0.448 e. The zero-order valence-corrected chi connectivity index (χ0v) is 15.5. The van der Waals surface area contributed by atoms with Crippen molar-refractivity contribution in [1.82, 2.24) is 10.2 Å². The summed E-state index contributed by atoms with van der Waals surface area (Å²) in [4.78, 5) is 29.7. The van der Waals surface area contributed by atoms with E-state index in [9.17, 15) is 22.8 Å². The first kappa shape index (κ1) is 21.6. The minimum atomic E-state index is -5.22. The lowest BCUT2D eigenvalue weighted by molar-refractivity contribution is -0.277. The van der Waals surface area contributed by atoms with Crippen LogP contribution in [0.2, 0.25) is 0 Å². The summed E-state index contributed by atoms with van der Waals surface area (Å²) in [5.41, 5.74) is -3.59. The molecule has 2 amide bonds. The van der Waals surface area contributed by atoms with Gasteiger partial charge in [0.05, 0.1) is 13.2 Å². The maximum absolute atomic E-state index is 13.5. The van der Waals surface area contributed by atoms with Gasteiger partial charge in [-0.15, -0.1) is 0 Å². The molecule has 0 bridgehead atoms. The Kier molecular flexibility index (Phi) is 7.12. The van der Waals surface area contributed by atoms with Crippen LogP contribution in [0.25, 0.3) is 0 Å². The Morgan fingerprint density at radius 3 is 2.40 bits per heavy atom. The van der Waals surface area contributed by atoms with Crippen LogP contribution < -0.4 is 5.32 Å². The molecule has 2 unspecified atom stereocenters. The number of carbonyl (C=O) groups is 2. The average molecular weight is 385 g/mol. The van der Waals surface area contributed by atoms with E-state index >= 15 is 0 Å². The predicted octanol–water partition coefficient (Wildman–Crippen LogP) is 2.37.